The third-order valence-corrected chi connectivity index (χ3v) is 3.93. The van der Waals surface area contributed by atoms with E-state index in [1.807, 2.05) is 6.07 Å². The molecule has 1 saturated carbocycles. The van der Waals surface area contributed by atoms with Gasteiger partial charge in [-0.05, 0) is 25.3 Å². The number of hydrogen-bond acceptors (Lipinski definition) is 1. The molecule has 0 radical (unpaired) electrons. The molecule has 1 aliphatic heterocycles. The molecule has 1 unspecified atom stereocenters. The molecule has 16 heavy (non-hydrogen) atoms. The van der Waals surface area contributed by atoms with Gasteiger partial charge in [-0.3, -0.25) is 4.90 Å². The Hall–Kier alpha value is -0.890. The molecule has 2 fully saturated rings. The second-order valence-electron chi connectivity index (χ2n) is 5.66. The van der Waals surface area contributed by atoms with Crippen LogP contribution in [-0.4, -0.2) is 22.7 Å². The maximum absolute atomic E-state index is 14.1. The second-order valence-corrected chi connectivity index (χ2v) is 5.66. The summed E-state index contributed by atoms with van der Waals surface area (Å²) < 4.78 is 14.1. The molecule has 86 valence electrons. The van der Waals surface area contributed by atoms with Gasteiger partial charge in [0, 0.05) is 25.0 Å². The Morgan fingerprint density at radius 1 is 1.25 bits per heavy atom. The van der Waals surface area contributed by atoms with Crippen LogP contribution < -0.4 is 0 Å². The average Bonchev–Trinajstić information content (AvgIpc) is 2.93. The number of nitrogens with zero attached hydrogens (tertiary/aromatic N) is 1. The zero-order chi connectivity index (χ0) is 11.2. The molecule has 0 bridgehead atoms. The average molecular weight is 219 g/mol. The summed E-state index contributed by atoms with van der Waals surface area (Å²) in [5.41, 5.74) is 0.524. The van der Waals surface area contributed by atoms with Crippen molar-refractivity contribution in [2.24, 2.45) is 0 Å². The zero-order valence-corrected chi connectivity index (χ0v) is 9.75. The van der Waals surface area contributed by atoms with Gasteiger partial charge >= 0.3 is 0 Å². The minimum absolute atomic E-state index is 0.208. The van der Waals surface area contributed by atoms with Crippen molar-refractivity contribution in [3.05, 3.63) is 35.9 Å². The van der Waals surface area contributed by atoms with Crippen LogP contribution >= 0.6 is 0 Å². The van der Waals surface area contributed by atoms with Crippen LogP contribution in [0.1, 0.15) is 31.7 Å². The van der Waals surface area contributed by atoms with E-state index in [1.54, 1.807) is 6.92 Å². The van der Waals surface area contributed by atoms with Gasteiger partial charge in [0.15, 0.2) is 0 Å². The number of alkyl halides is 1. The minimum atomic E-state index is -0.981. The number of halogens is 1. The fourth-order valence-corrected chi connectivity index (χ4v) is 3.08. The van der Waals surface area contributed by atoms with Crippen LogP contribution in [0.4, 0.5) is 4.39 Å². The van der Waals surface area contributed by atoms with E-state index in [1.165, 1.54) is 18.4 Å². The fraction of sp³-hybridized carbons (Fsp3) is 0.571. The van der Waals surface area contributed by atoms with Crippen LogP contribution in [0.5, 0.6) is 0 Å². The van der Waals surface area contributed by atoms with E-state index in [4.69, 9.17) is 0 Å². The lowest BCUT2D eigenvalue weighted by Crippen LogP contribution is -2.31. The van der Waals surface area contributed by atoms with Crippen LogP contribution in [0.25, 0.3) is 0 Å². The van der Waals surface area contributed by atoms with Gasteiger partial charge in [-0.15, -0.1) is 0 Å². The second kappa shape index (κ2) is 3.30. The first-order chi connectivity index (χ1) is 7.60. The summed E-state index contributed by atoms with van der Waals surface area (Å²) in [6.07, 6.45) is 3.09. The Labute approximate surface area is 96.3 Å². The molecule has 1 nitrogen and oxygen atoms in total. The van der Waals surface area contributed by atoms with Crippen molar-refractivity contribution in [2.45, 2.75) is 43.9 Å². The Bertz CT molecular complexity index is 381. The Kier molecular flexibility index (Phi) is 2.12. The lowest BCUT2D eigenvalue weighted by Gasteiger charge is -2.23. The standard InChI is InChI=1S/C14H18FN/c1-13(15)10-14(7-8-14)16(11-13)9-12-5-3-2-4-6-12/h2-6H,7-11H2,1H3. The van der Waals surface area contributed by atoms with E-state index in [2.05, 4.69) is 29.2 Å². The predicted octanol–water partition coefficient (Wildman–Crippen LogP) is 3.15. The highest BCUT2D eigenvalue weighted by Crippen LogP contribution is 2.54. The largest absolute Gasteiger partial charge is 0.290 e. The normalized spacial score (nSPS) is 32.1. The molecule has 3 rings (SSSR count). The molecule has 0 aromatic heterocycles. The summed E-state index contributed by atoms with van der Waals surface area (Å²) in [4.78, 5) is 2.35. The molecule has 2 heteroatoms. The number of hydrogen-bond donors (Lipinski definition) is 0. The third kappa shape index (κ3) is 1.75. The van der Waals surface area contributed by atoms with Gasteiger partial charge in [0.2, 0.25) is 0 Å². The lowest BCUT2D eigenvalue weighted by atomic mass is 10.0. The first-order valence-corrected chi connectivity index (χ1v) is 6.08. The Balaban J connectivity index is 1.76. The van der Waals surface area contributed by atoms with E-state index in [9.17, 15) is 4.39 Å². The summed E-state index contributed by atoms with van der Waals surface area (Å²) in [7, 11) is 0. The van der Waals surface area contributed by atoms with E-state index < -0.39 is 5.67 Å². The predicted molar refractivity (Wildman–Crippen MR) is 62.9 cm³/mol. The van der Waals surface area contributed by atoms with Crippen LogP contribution in [0, 0.1) is 0 Å². The smallest absolute Gasteiger partial charge is 0.122 e. The van der Waals surface area contributed by atoms with Crippen LogP contribution in [-0.2, 0) is 6.54 Å². The van der Waals surface area contributed by atoms with Gasteiger partial charge in [-0.2, -0.15) is 0 Å². The van der Waals surface area contributed by atoms with Gasteiger partial charge < -0.3 is 0 Å². The van der Waals surface area contributed by atoms with Crippen molar-refractivity contribution < 1.29 is 4.39 Å². The lowest BCUT2D eigenvalue weighted by molar-refractivity contribution is 0.180. The molecule has 0 N–H and O–H groups in total. The molecule has 1 aromatic carbocycles. The van der Waals surface area contributed by atoms with Crippen molar-refractivity contribution in [3.63, 3.8) is 0 Å². The van der Waals surface area contributed by atoms with E-state index in [0.717, 1.165) is 13.0 Å². The first kappa shape index (κ1) is 10.3. The van der Waals surface area contributed by atoms with Gasteiger partial charge in [-0.1, -0.05) is 30.3 Å². The highest BCUT2D eigenvalue weighted by Gasteiger charge is 2.58. The van der Waals surface area contributed by atoms with Gasteiger partial charge in [-0.25, -0.2) is 4.39 Å². The summed E-state index contributed by atoms with van der Waals surface area (Å²) in [5.74, 6) is 0. The monoisotopic (exact) mass is 219 g/mol. The van der Waals surface area contributed by atoms with Gasteiger partial charge in [0.05, 0.1) is 0 Å². The number of likely N-dealkylation sites (tertiary alicyclic amines) is 1. The topological polar surface area (TPSA) is 3.24 Å². The van der Waals surface area contributed by atoms with Crippen molar-refractivity contribution in [3.8, 4) is 0 Å². The zero-order valence-electron chi connectivity index (χ0n) is 9.75. The highest BCUT2D eigenvalue weighted by molar-refractivity contribution is 5.19. The van der Waals surface area contributed by atoms with Crippen molar-refractivity contribution in [2.75, 3.05) is 6.54 Å². The molecule has 0 amide bonds. The Morgan fingerprint density at radius 2 is 1.94 bits per heavy atom. The molecular formula is C14H18FN. The summed E-state index contributed by atoms with van der Waals surface area (Å²) in [6.45, 7) is 3.25. The van der Waals surface area contributed by atoms with Crippen molar-refractivity contribution in [1.29, 1.82) is 0 Å². The summed E-state index contributed by atoms with van der Waals surface area (Å²) >= 11 is 0. The Morgan fingerprint density at radius 3 is 2.56 bits per heavy atom. The third-order valence-electron chi connectivity index (χ3n) is 3.93. The van der Waals surface area contributed by atoms with Crippen molar-refractivity contribution in [1.82, 2.24) is 4.90 Å². The highest BCUT2D eigenvalue weighted by atomic mass is 19.1. The summed E-state index contributed by atoms with van der Waals surface area (Å²) in [6, 6.07) is 10.4. The van der Waals surface area contributed by atoms with E-state index >= 15 is 0 Å². The quantitative estimate of drug-likeness (QED) is 0.738. The fourth-order valence-electron chi connectivity index (χ4n) is 3.08. The van der Waals surface area contributed by atoms with Crippen LogP contribution in [0.15, 0.2) is 30.3 Å². The molecule has 2 aliphatic rings. The molecule has 1 saturated heterocycles. The minimum Gasteiger partial charge on any atom is -0.290 e. The molecule has 1 spiro atoms. The molecule has 1 atom stereocenters. The molecular weight excluding hydrogens is 201 g/mol. The summed E-state index contributed by atoms with van der Waals surface area (Å²) in [5, 5.41) is 0. The molecule has 1 aliphatic carbocycles. The maximum Gasteiger partial charge on any atom is 0.122 e. The van der Waals surface area contributed by atoms with Gasteiger partial charge in [0.1, 0.15) is 5.67 Å². The van der Waals surface area contributed by atoms with Crippen LogP contribution in [0.2, 0.25) is 0 Å². The SMILES string of the molecule is CC1(F)CN(Cc2ccccc2)C2(CC2)C1. The van der Waals surface area contributed by atoms with Crippen molar-refractivity contribution >= 4 is 0 Å². The maximum atomic E-state index is 14.1. The molecule has 1 heterocycles. The van der Waals surface area contributed by atoms with Gasteiger partial charge in [0.25, 0.3) is 0 Å². The number of benzene rings is 1. The number of rotatable bonds is 2. The first-order valence-electron chi connectivity index (χ1n) is 6.08. The molecule has 1 aromatic rings. The van der Waals surface area contributed by atoms with Crippen LogP contribution in [0.3, 0.4) is 0 Å². The van der Waals surface area contributed by atoms with E-state index in [-0.39, 0.29) is 5.54 Å². The van der Waals surface area contributed by atoms with E-state index in [0.29, 0.717) is 6.54 Å².